The van der Waals surface area contributed by atoms with Gasteiger partial charge in [0.1, 0.15) is 5.75 Å². The van der Waals surface area contributed by atoms with Crippen LogP contribution in [0.1, 0.15) is 49.5 Å². The van der Waals surface area contributed by atoms with Crippen LogP contribution in [0, 0.1) is 16.7 Å². The molecule has 0 aromatic heterocycles. The van der Waals surface area contributed by atoms with Crippen molar-refractivity contribution in [3.8, 4) is 5.75 Å². The molecule has 0 saturated heterocycles. The fourth-order valence-electron chi connectivity index (χ4n) is 6.49. The summed E-state index contributed by atoms with van der Waals surface area (Å²) < 4.78 is 0. The average molecular weight is 440 g/mol. The Balaban J connectivity index is 1.99. The number of nitrogens with two attached hydrogens (primary N) is 1. The second kappa shape index (κ2) is 6.51. The molecule has 4 rings (SSSR count). The molecular formula is C24H28N2O6. The number of amides is 1. The lowest BCUT2D eigenvalue weighted by Crippen LogP contribution is -2.67. The normalized spacial score (nSPS) is 34.1. The van der Waals surface area contributed by atoms with E-state index in [2.05, 4.69) is 0 Å². The summed E-state index contributed by atoms with van der Waals surface area (Å²) in [5.41, 5.74) is 2.86. The van der Waals surface area contributed by atoms with Crippen molar-refractivity contribution in [2.24, 2.45) is 22.5 Å². The molecule has 0 spiro atoms. The summed E-state index contributed by atoms with van der Waals surface area (Å²) in [5.74, 6) is -5.03. The van der Waals surface area contributed by atoms with E-state index in [4.69, 9.17) is 5.73 Å². The van der Waals surface area contributed by atoms with Gasteiger partial charge in [-0.1, -0.05) is 19.9 Å². The molecule has 3 aliphatic carbocycles. The number of anilines is 1. The van der Waals surface area contributed by atoms with Crippen molar-refractivity contribution in [1.82, 2.24) is 0 Å². The van der Waals surface area contributed by atoms with Crippen molar-refractivity contribution < 1.29 is 29.4 Å². The maximum Gasteiger partial charge on any atom is 0.235 e. The summed E-state index contributed by atoms with van der Waals surface area (Å²) in [6.45, 7) is 5.04. The number of fused-ring (bicyclic) bond motifs is 3. The van der Waals surface area contributed by atoms with Crippen LogP contribution < -0.4 is 10.6 Å². The van der Waals surface area contributed by atoms with Gasteiger partial charge in [-0.2, -0.15) is 0 Å². The Morgan fingerprint density at radius 1 is 1.16 bits per heavy atom. The summed E-state index contributed by atoms with van der Waals surface area (Å²) in [6.07, 6.45) is 0.387. The lowest BCUT2D eigenvalue weighted by Gasteiger charge is -2.58. The monoisotopic (exact) mass is 440 g/mol. The largest absolute Gasteiger partial charge is 0.505 e. The summed E-state index contributed by atoms with van der Waals surface area (Å²) >= 11 is 0. The van der Waals surface area contributed by atoms with E-state index in [0.29, 0.717) is 17.7 Å². The van der Waals surface area contributed by atoms with E-state index in [9.17, 15) is 29.4 Å². The van der Waals surface area contributed by atoms with E-state index >= 15 is 0 Å². The number of aromatic hydroxyl groups is 1. The predicted molar refractivity (Wildman–Crippen MR) is 116 cm³/mol. The molecule has 0 aliphatic heterocycles. The van der Waals surface area contributed by atoms with Crippen LogP contribution in [0.5, 0.6) is 5.75 Å². The minimum atomic E-state index is -2.18. The van der Waals surface area contributed by atoms with Crippen LogP contribution >= 0.6 is 0 Å². The molecule has 0 radical (unpaired) electrons. The Kier molecular flexibility index (Phi) is 4.52. The number of primary amides is 1. The standard InChI is InChI=1S/C24H28N2O6/c1-11-17-19(29)15-12(6-7-13(18(15)28)26(4)5)8-22(17,2)10-23(3)9-14(27)16(21(25)31)20(30)24(11,23)32/h6-7,16,28,32H,8-10H2,1-5H3,(H2,25,31)/t16?,22-,23+,24-/m0/s1. The fourth-order valence-corrected chi connectivity index (χ4v) is 6.49. The zero-order valence-corrected chi connectivity index (χ0v) is 18.9. The van der Waals surface area contributed by atoms with Crippen LogP contribution in [0.2, 0.25) is 0 Å². The molecule has 32 heavy (non-hydrogen) atoms. The number of benzene rings is 1. The number of phenols is 1. The number of phenolic OH excluding ortho intramolecular Hbond substituents is 1. The molecule has 4 N–H and O–H groups in total. The van der Waals surface area contributed by atoms with Gasteiger partial charge in [0.25, 0.3) is 0 Å². The van der Waals surface area contributed by atoms with Gasteiger partial charge in [0, 0.05) is 36.9 Å². The third-order valence-corrected chi connectivity index (χ3v) is 7.72. The van der Waals surface area contributed by atoms with Crippen LogP contribution in [0.15, 0.2) is 23.3 Å². The molecule has 8 nitrogen and oxygen atoms in total. The van der Waals surface area contributed by atoms with Crippen LogP contribution in [0.4, 0.5) is 5.69 Å². The van der Waals surface area contributed by atoms with Gasteiger partial charge in [0.15, 0.2) is 28.9 Å². The number of rotatable bonds is 2. The maximum absolute atomic E-state index is 13.8. The maximum atomic E-state index is 13.8. The molecule has 0 heterocycles. The second-order valence-electron chi connectivity index (χ2n) is 10.2. The smallest absolute Gasteiger partial charge is 0.235 e. The summed E-state index contributed by atoms with van der Waals surface area (Å²) in [7, 11) is 3.50. The number of carbonyl (C=O) groups is 4. The first kappa shape index (κ1) is 22.2. The number of ketones is 3. The van der Waals surface area contributed by atoms with Crippen molar-refractivity contribution in [3.05, 3.63) is 34.4 Å². The van der Waals surface area contributed by atoms with Gasteiger partial charge in [-0.3, -0.25) is 19.2 Å². The molecule has 8 heteroatoms. The Hall–Kier alpha value is -3.00. The number of carbonyl (C=O) groups excluding carboxylic acids is 4. The molecule has 4 atom stereocenters. The molecule has 1 aromatic carbocycles. The number of aliphatic hydroxyl groups is 1. The SMILES string of the molecule is CC1=C2C(=O)c3c(ccc(N(C)C)c3O)C[C@@]2(C)C[C@@]2(C)CC(=O)C(C(N)=O)C(=O)[C@@]12O. The molecule has 1 unspecified atom stereocenters. The molecule has 1 aromatic rings. The highest BCUT2D eigenvalue weighted by Gasteiger charge is 2.68. The van der Waals surface area contributed by atoms with Crippen molar-refractivity contribution in [2.45, 2.75) is 45.6 Å². The number of nitrogens with zero attached hydrogens (tertiary/aromatic N) is 1. The number of Topliss-reactive ketones (excluding diaryl/α,β-unsaturated/α-hetero) is 3. The molecule has 1 saturated carbocycles. The first-order valence-electron chi connectivity index (χ1n) is 10.6. The third-order valence-electron chi connectivity index (χ3n) is 7.72. The van der Waals surface area contributed by atoms with E-state index in [1.807, 2.05) is 13.0 Å². The van der Waals surface area contributed by atoms with E-state index < -0.39 is 45.6 Å². The molecule has 0 bridgehead atoms. The van der Waals surface area contributed by atoms with Crippen LogP contribution in [-0.4, -0.2) is 53.2 Å². The molecule has 1 fully saturated rings. The fraction of sp³-hybridized carbons (Fsp3) is 0.500. The van der Waals surface area contributed by atoms with Gasteiger partial charge in [-0.25, -0.2) is 0 Å². The van der Waals surface area contributed by atoms with Gasteiger partial charge in [0.05, 0.1) is 11.3 Å². The van der Waals surface area contributed by atoms with Gasteiger partial charge in [-0.15, -0.1) is 0 Å². The van der Waals surface area contributed by atoms with Gasteiger partial charge in [-0.05, 0) is 37.0 Å². The highest BCUT2D eigenvalue weighted by molar-refractivity contribution is 6.24. The molecule has 1 amide bonds. The Labute approximate surface area is 186 Å². The van der Waals surface area contributed by atoms with Gasteiger partial charge < -0.3 is 20.8 Å². The van der Waals surface area contributed by atoms with Crippen molar-refractivity contribution >= 4 is 28.9 Å². The Bertz CT molecular complexity index is 1150. The summed E-state index contributed by atoms with van der Waals surface area (Å²) in [4.78, 5) is 53.3. The quantitative estimate of drug-likeness (QED) is 0.589. The van der Waals surface area contributed by atoms with Crippen LogP contribution in [-0.2, 0) is 20.8 Å². The highest BCUT2D eigenvalue weighted by atomic mass is 16.3. The van der Waals surface area contributed by atoms with E-state index in [0.717, 1.165) is 0 Å². The summed E-state index contributed by atoms with van der Waals surface area (Å²) in [6, 6.07) is 3.56. The minimum absolute atomic E-state index is 0.128. The average Bonchev–Trinajstić information content (AvgIpc) is 2.63. The first-order valence-corrected chi connectivity index (χ1v) is 10.6. The minimum Gasteiger partial charge on any atom is -0.505 e. The van der Waals surface area contributed by atoms with E-state index in [1.54, 1.807) is 32.0 Å². The number of hydrogen-bond acceptors (Lipinski definition) is 7. The lowest BCUT2D eigenvalue weighted by molar-refractivity contribution is -0.171. The Morgan fingerprint density at radius 3 is 2.34 bits per heavy atom. The molecule has 170 valence electrons. The van der Waals surface area contributed by atoms with Crippen LogP contribution in [0.3, 0.4) is 0 Å². The topological polar surface area (TPSA) is 138 Å². The Morgan fingerprint density at radius 2 is 1.78 bits per heavy atom. The van der Waals surface area contributed by atoms with Gasteiger partial charge in [0.2, 0.25) is 5.91 Å². The van der Waals surface area contributed by atoms with Crippen molar-refractivity contribution in [1.29, 1.82) is 0 Å². The lowest BCUT2D eigenvalue weighted by atomic mass is 9.46. The van der Waals surface area contributed by atoms with E-state index in [-0.39, 0.29) is 35.3 Å². The van der Waals surface area contributed by atoms with Crippen LogP contribution in [0.25, 0.3) is 0 Å². The zero-order valence-electron chi connectivity index (χ0n) is 18.9. The van der Waals surface area contributed by atoms with Gasteiger partial charge >= 0.3 is 0 Å². The van der Waals surface area contributed by atoms with Crippen molar-refractivity contribution in [3.63, 3.8) is 0 Å². The molecular weight excluding hydrogens is 412 g/mol. The number of hydrogen-bond donors (Lipinski definition) is 3. The summed E-state index contributed by atoms with van der Waals surface area (Å²) in [5, 5.41) is 22.6. The predicted octanol–water partition coefficient (Wildman–Crippen LogP) is 1.30. The first-order chi connectivity index (χ1) is 14.7. The third kappa shape index (κ3) is 2.53. The highest BCUT2D eigenvalue weighted by Crippen LogP contribution is 2.62. The second-order valence-corrected chi connectivity index (χ2v) is 10.2. The van der Waals surface area contributed by atoms with Crippen molar-refractivity contribution in [2.75, 3.05) is 19.0 Å². The zero-order chi connectivity index (χ0) is 24.0. The van der Waals surface area contributed by atoms with E-state index in [1.165, 1.54) is 6.92 Å². The number of allylic oxidation sites excluding steroid dienone is 1. The molecule has 3 aliphatic rings.